The Morgan fingerprint density at radius 1 is 1.14 bits per heavy atom. The van der Waals surface area contributed by atoms with Gasteiger partial charge in [0.1, 0.15) is 0 Å². The van der Waals surface area contributed by atoms with Crippen molar-refractivity contribution in [1.82, 2.24) is 15.3 Å². The smallest absolute Gasteiger partial charge is 0.306 e. The van der Waals surface area contributed by atoms with E-state index in [0.29, 0.717) is 0 Å². The highest BCUT2D eigenvalue weighted by Gasteiger charge is 2.17. The Bertz CT molecular complexity index is 807. The third-order valence-electron chi connectivity index (χ3n) is 3.49. The molecule has 0 fully saturated rings. The Labute approximate surface area is 130 Å². The highest BCUT2D eigenvalue weighted by atomic mass is 79.9. The molecule has 3 rings (SSSR count). The molecule has 3 aromatic rings. The van der Waals surface area contributed by atoms with Crippen molar-refractivity contribution in [3.05, 3.63) is 68.5 Å². The molecule has 21 heavy (non-hydrogen) atoms. The lowest BCUT2D eigenvalue weighted by Gasteiger charge is -2.20. The van der Waals surface area contributed by atoms with Crippen molar-refractivity contribution in [2.45, 2.75) is 13.0 Å². The number of imidazole rings is 1. The Hall–Kier alpha value is -1.85. The fourth-order valence-corrected chi connectivity index (χ4v) is 3.12. The summed E-state index contributed by atoms with van der Waals surface area (Å²) < 4.78 is 0.972. The van der Waals surface area contributed by atoms with Crippen LogP contribution in [0.4, 0.5) is 0 Å². The van der Waals surface area contributed by atoms with Crippen molar-refractivity contribution in [2.24, 2.45) is 0 Å². The van der Waals surface area contributed by atoms with E-state index in [1.165, 1.54) is 5.56 Å². The van der Waals surface area contributed by atoms with Gasteiger partial charge >= 0.3 is 5.69 Å². The maximum Gasteiger partial charge on any atom is 0.323 e. The van der Waals surface area contributed by atoms with Crippen molar-refractivity contribution in [3.63, 3.8) is 0 Å². The molecule has 0 saturated carbocycles. The summed E-state index contributed by atoms with van der Waals surface area (Å²) in [5.74, 6) is 0. The van der Waals surface area contributed by atoms with Crippen molar-refractivity contribution < 1.29 is 0 Å². The summed E-state index contributed by atoms with van der Waals surface area (Å²) in [6, 6.07) is 14.3. The molecule has 5 heteroatoms. The van der Waals surface area contributed by atoms with Gasteiger partial charge in [-0.15, -0.1) is 0 Å². The Kier molecular flexibility index (Phi) is 3.94. The Morgan fingerprint density at radius 3 is 2.48 bits per heavy atom. The molecule has 0 saturated heterocycles. The largest absolute Gasteiger partial charge is 0.323 e. The fourth-order valence-electron chi connectivity index (χ4n) is 2.55. The first kappa shape index (κ1) is 14.1. The first-order valence-electron chi connectivity index (χ1n) is 6.89. The number of aromatic amines is 2. The van der Waals surface area contributed by atoms with Gasteiger partial charge in [0.25, 0.3) is 0 Å². The number of benzene rings is 2. The maximum atomic E-state index is 11.4. The van der Waals surface area contributed by atoms with Gasteiger partial charge in [-0.25, -0.2) is 4.79 Å². The lowest BCUT2D eigenvalue weighted by molar-refractivity contribution is 0.629. The zero-order chi connectivity index (χ0) is 14.8. The molecule has 0 aliphatic carbocycles. The summed E-state index contributed by atoms with van der Waals surface area (Å²) in [5.41, 5.74) is 3.73. The predicted molar refractivity (Wildman–Crippen MR) is 88.6 cm³/mol. The lowest BCUT2D eigenvalue weighted by Crippen LogP contribution is -2.22. The van der Waals surface area contributed by atoms with Gasteiger partial charge in [0.05, 0.1) is 17.1 Å². The van der Waals surface area contributed by atoms with Crippen molar-refractivity contribution in [2.75, 3.05) is 6.54 Å². The second kappa shape index (κ2) is 5.87. The van der Waals surface area contributed by atoms with Crippen molar-refractivity contribution in [3.8, 4) is 0 Å². The van der Waals surface area contributed by atoms with Crippen LogP contribution >= 0.6 is 15.9 Å². The monoisotopic (exact) mass is 345 g/mol. The molecule has 1 unspecified atom stereocenters. The molecular weight excluding hydrogens is 330 g/mol. The van der Waals surface area contributed by atoms with Gasteiger partial charge in [0.15, 0.2) is 0 Å². The molecule has 0 bridgehead atoms. The van der Waals surface area contributed by atoms with E-state index in [9.17, 15) is 4.79 Å². The normalized spacial score (nSPS) is 12.7. The van der Waals surface area contributed by atoms with Crippen LogP contribution in [0.5, 0.6) is 0 Å². The number of H-pyrrole nitrogens is 2. The van der Waals surface area contributed by atoms with Gasteiger partial charge in [-0.1, -0.05) is 53.2 Å². The highest BCUT2D eigenvalue weighted by molar-refractivity contribution is 9.10. The number of hydrogen-bond donors (Lipinski definition) is 3. The van der Waals surface area contributed by atoms with Crippen LogP contribution < -0.4 is 11.0 Å². The number of aromatic nitrogens is 2. The van der Waals surface area contributed by atoms with E-state index in [0.717, 1.165) is 27.6 Å². The van der Waals surface area contributed by atoms with E-state index in [2.05, 4.69) is 50.3 Å². The molecule has 2 aromatic carbocycles. The maximum absolute atomic E-state index is 11.4. The summed E-state index contributed by atoms with van der Waals surface area (Å²) in [5, 5.41) is 3.50. The van der Waals surface area contributed by atoms with Gasteiger partial charge in [-0.3, -0.25) is 0 Å². The first-order valence-corrected chi connectivity index (χ1v) is 7.68. The molecule has 0 aliphatic heterocycles. The second-order valence-electron chi connectivity index (χ2n) is 4.90. The summed E-state index contributed by atoms with van der Waals surface area (Å²) >= 11 is 3.62. The fraction of sp³-hybridized carbons (Fsp3) is 0.188. The van der Waals surface area contributed by atoms with E-state index < -0.39 is 0 Å². The SMILES string of the molecule is CCNC(c1ccccc1)c1cc2[nH]c(=O)[nH]c2cc1Br. The van der Waals surface area contributed by atoms with Gasteiger partial charge in [-0.2, -0.15) is 0 Å². The summed E-state index contributed by atoms with van der Waals surface area (Å²) in [4.78, 5) is 17.0. The van der Waals surface area contributed by atoms with Crippen LogP contribution in [0.1, 0.15) is 24.1 Å². The minimum Gasteiger partial charge on any atom is -0.306 e. The van der Waals surface area contributed by atoms with Crippen LogP contribution in [0.2, 0.25) is 0 Å². The van der Waals surface area contributed by atoms with E-state index >= 15 is 0 Å². The molecule has 4 nitrogen and oxygen atoms in total. The number of halogens is 1. The zero-order valence-electron chi connectivity index (χ0n) is 11.6. The standard InChI is InChI=1S/C16H16BrN3O/c1-2-18-15(10-6-4-3-5-7-10)11-8-13-14(9-12(11)17)20-16(21)19-13/h3-9,15,18H,2H2,1H3,(H2,19,20,21). The molecule has 0 aliphatic rings. The molecule has 1 heterocycles. The van der Waals surface area contributed by atoms with E-state index in [-0.39, 0.29) is 11.7 Å². The van der Waals surface area contributed by atoms with Crippen LogP contribution in [0, 0.1) is 0 Å². The Balaban J connectivity index is 2.14. The van der Waals surface area contributed by atoms with E-state index in [1.54, 1.807) is 0 Å². The minimum atomic E-state index is -0.186. The molecule has 0 spiro atoms. The average molecular weight is 346 g/mol. The average Bonchev–Trinajstić information content (AvgIpc) is 2.84. The van der Waals surface area contributed by atoms with Crippen molar-refractivity contribution in [1.29, 1.82) is 0 Å². The number of rotatable bonds is 4. The summed E-state index contributed by atoms with van der Waals surface area (Å²) in [6.45, 7) is 2.94. The third-order valence-corrected chi connectivity index (χ3v) is 4.17. The molecule has 3 N–H and O–H groups in total. The number of hydrogen-bond acceptors (Lipinski definition) is 2. The first-order chi connectivity index (χ1) is 10.2. The van der Waals surface area contributed by atoms with Crippen LogP contribution in [0.3, 0.4) is 0 Å². The zero-order valence-corrected chi connectivity index (χ0v) is 13.2. The van der Waals surface area contributed by atoms with Gasteiger partial charge in [-0.05, 0) is 29.8 Å². The van der Waals surface area contributed by atoms with Crippen LogP contribution in [-0.2, 0) is 0 Å². The summed E-state index contributed by atoms with van der Waals surface area (Å²) in [7, 11) is 0. The number of nitrogens with one attached hydrogen (secondary N) is 3. The van der Waals surface area contributed by atoms with Gasteiger partial charge < -0.3 is 15.3 Å². The molecule has 108 valence electrons. The molecule has 1 atom stereocenters. The predicted octanol–water partition coefficient (Wildman–Crippen LogP) is 3.32. The highest BCUT2D eigenvalue weighted by Crippen LogP contribution is 2.31. The minimum absolute atomic E-state index is 0.0772. The van der Waals surface area contributed by atoms with Crippen molar-refractivity contribution >= 4 is 27.0 Å². The van der Waals surface area contributed by atoms with Crippen LogP contribution in [0.15, 0.2) is 51.7 Å². The topological polar surface area (TPSA) is 60.7 Å². The second-order valence-corrected chi connectivity index (χ2v) is 5.75. The quantitative estimate of drug-likeness (QED) is 0.679. The van der Waals surface area contributed by atoms with Gasteiger partial charge in [0, 0.05) is 4.47 Å². The Morgan fingerprint density at radius 2 is 1.81 bits per heavy atom. The number of fused-ring (bicyclic) bond motifs is 1. The molecular formula is C16H16BrN3O. The molecule has 0 amide bonds. The van der Waals surface area contributed by atoms with Gasteiger partial charge in [0.2, 0.25) is 0 Å². The van der Waals surface area contributed by atoms with Crippen LogP contribution in [-0.4, -0.2) is 16.5 Å². The third kappa shape index (κ3) is 2.80. The van der Waals surface area contributed by atoms with E-state index in [1.807, 2.05) is 30.3 Å². The molecule has 0 radical (unpaired) electrons. The van der Waals surface area contributed by atoms with E-state index in [4.69, 9.17) is 0 Å². The van der Waals surface area contributed by atoms with Crippen LogP contribution in [0.25, 0.3) is 11.0 Å². The summed E-state index contributed by atoms with van der Waals surface area (Å²) in [6.07, 6.45) is 0. The molecule has 1 aromatic heterocycles. The lowest BCUT2D eigenvalue weighted by atomic mass is 9.98.